The second-order valence-electron chi connectivity index (χ2n) is 6.79. The van der Waals surface area contributed by atoms with Crippen molar-refractivity contribution in [3.05, 3.63) is 52.5 Å². The van der Waals surface area contributed by atoms with E-state index in [1.54, 1.807) is 6.07 Å². The quantitative estimate of drug-likeness (QED) is 0.548. The summed E-state index contributed by atoms with van der Waals surface area (Å²) in [5.41, 5.74) is 4.80. The summed E-state index contributed by atoms with van der Waals surface area (Å²) in [6, 6.07) is 6.21. The normalized spacial score (nSPS) is 13.7. The van der Waals surface area contributed by atoms with Crippen LogP contribution in [0.1, 0.15) is 35.7 Å². The molecule has 0 spiro atoms. The Kier molecular flexibility index (Phi) is 5.23. The van der Waals surface area contributed by atoms with E-state index in [-0.39, 0.29) is 22.5 Å². The zero-order chi connectivity index (χ0) is 19.7. The van der Waals surface area contributed by atoms with Crippen LogP contribution in [-0.2, 0) is 11.3 Å². The molecule has 146 valence electrons. The molecule has 1 aliphatic carbocycles. The van der Waals surface area contributed by atoms with Gasteiger partial charge in [-0.1, -0.05) is 13.0 Å². The minimum absolute atomic E-state index is 0.0315. The largest absolute Gasteiger partial charge is 0.350 e. The van der Waals surface area contributed by atoms with Gasteiger partial charge in [-0.05, 0) is 48.9 Å². The molecule has 28 heavy (non-hydrogen) atoms. The van der Waals surface area contributed by atoms with Gasteiger partial charge >= 0.3 is 0 Å². The molecule has 8 heteroatoms. The van der Waals surface area contributed by atoms with E-state index >= 15 is 4.39 Å². The van der Waals surface area contributed by atoms with Crippen LogP contribution >= 0.6 is 11.3 Å². The number of anilines is 2. The van der Waals surface area contributed by atoms with Crippen molar-refractivity contribution in [3.8, 4) is 0 Å². The molecule has 0 unspecified atom stereocenters. The van der Waals surface area contributed by atoms with Gasteiger partial charge in [0.15, 0.2) is 5.82 Å². The van der Waals surface area contributed by atoms with Crippen LogP contribution in [0.5, 0.6) is 0 Å². The molecular formula is C20H19F2N3O2S. The second kappa shape index (κ2) is 7.81. The van der Waals surface area contributed by atoms with Crippen LogP contribution in [0, 0.1) is 17.6 Å². The molecule has 1 aromatic heterocycles. The van der Waals surface area contributed by atoms with Gasteiger partial charge in [-0.25, -0.2) is 19.2 Å². The first-order valence-corrected chi connectivity index (χ1v) is 9.98. The molecule has 4 rings (SSSR count). The number of aromatic nitrogens is 1. The number of carbonyl (C=O) groups is 1. The van der Waals surface area contributed by atoms with Gasteiger partial charge < -0.3 is 5.32 Å². The highest BCUT2D eigenvalue weighted by molar-refractivity contribution is 7.16. The van der Waals surface area contributed by atoms with Crippen molar-refractivity contribution < 1.29 is 18.4 Å². The van der Waals surface area contributed by atoms with Gasteiger partial charge in [-0.15, -0.1) is 11.3 Å². The summed E-state index contributed by atoms with van der Waals surface area (Å²) in [6.45, 7) is 2.34. The maximum absolute atomic E-state index is 15.1. The van der Waals surface area contributed by atoms with E-state index in [2.05, 4.69) is 15.8 Å². The molecule has 1 saturated carbocycles. The molecule has 1 amide bonds. The van der Waals surface area contributed by atoms with Gasteiger partial charge in [0.2, 0.25) is 0 Å². The highest BCUT2D eigenvalue weighted by Crippen LogP contribution is 2.33. The first-order valence-electron chi connectivity index (χ1n) is 9.10. The van der Waals surface area contributed by atoms with Gasteiger partial charge in [0, 0.05) is 0 Å². The topological polar surface area (TPSA) is 63.2 Å². The minimum atomic E-state index is -0.704. The minimum Gasteiger partial charge on any atom is -0.350 e. The monoisotopic (exact) mass is 403 g/mol. The Morgan fingerprint density at radius 1 is 1.32 bits per heavy atom. The number of benzene rings is 2. The number of aryl methyl sites for hydroxylation is 1. The number of halogens is 2. The highest BCUT2D eigenvalue weighted by atomic mass is 32.1. The van der Waals surface area contributed by atoms with Crippen LogP contribution in [-0.4, -0.2) is 17.5 Å². The van der Waals surface area contributed by atoms with E-state index in [1.165, 1.54) is 35.0 Å². The Balaban J connectivity index is 1.68. The summed E-state index contributed by atoms with van der Waals surface area (Å²) >= 11 is 1.22. The standard InChI is InChI=1S/C20H19F2N3O2S/c1-2-11-5-6-15(14(21)7-11)24-18-13(20(26)25-27-9-12-3-4-12)8-16-19(17(18)22)23-10-28-16/h5-8,10,12,24H,2-4,9H2,1H3,(H,25,26). The van der Waals surface area contributed by atoms with Crippen LogP contribution in [0.3, 0.4) is 0 Å². The zero-order valence-electron chi connectivity index (χ0n) is 15.2. The number of hydroxylamine groups is 1. The molecule has 0 bridgehead atoms. The number of thiazole rings is 1. The molecule has 1 heterocycles. The second-order valence-corrected chi connectivity index (χ2v) is 7.68. The average Bonchev–Trinajstić information content (AvgIpc) is 3.39. The summed E-state index contributed by atoms with van der Waals surface area (Å²) in [5, 5.41) is 2.73. The summed E-state index contributed by atoms with van der Waals surface area (Å²) in [7, 11) is 0. The van der Waals surface area contributed by atoms with Gasteiger partial charge in [0.1, 0.15) is 11.3 Å². The third-order valence-electron chi connectivity index (χ3n) is 4.69. The lowest BCUT2D eigenvalue weighted by Crippen LogP contribution is -2.26. The van der Waals surface area contributed by atoms with E-state index in [0.717, 1.165) is 18.4 Å². The average molecular weight is 403 g/mol. The SMILES string of the molecule is CCc1ccc(Nc2c(C(=O)NOCC3CC3)cc3scnc3c2F)c(F)c1. The highest BCUT2D eigenvalue weighted by Gasteiger charge is 2.24. The molecule has 3 aromatic rings. The number of amides is 1. The van der Waals surface area contributed by atoms with E-state index in [0.29, 0.717) is 23.6 Å². The number of carbonyl (C=O) groups excluding carboxylic acids is 1. The first-order chi connectivity index (χ1) is 13.6. The maximum atomic E-state index is 15.1. The lowest BCUT2D eigenvalue weighted by Gasteiger charge is -2.15. The number of hydrogen-bond donors (Lipinski definition) is 2. The molecule has 1 aliphatic rings. The van der Waals surface area contributed by atoms with Crippen molar-refractivity contribution in [2.75, 3.05) is 11.9 Å². The Morgan fingerprint density at radius 2 is 2.14 bits per heavy atom. The third kappa shape index (κ3) is 3.83. The molecule has 5 nitrogen and oxygen atoms in total. The van der Waals surface area contributed by atoms with Crippen LogP contribution in [0.25, 0.3) is 10.2 Å². The Hall–Kier alpha value is -2.58. The van der Waals surface area contributed by atoms with Crippen LogP contribution < -0.4 is 10.8 Å². The maximum Gasteiger partial charge on any atom is 0.277 e. The lowest BCUT2D eigenvalue weighted by atomic mass is 10.1. The molecule has 2 N–H and O–H groups in total. The van der Waals surface area contributed by atoms with Crippen LogP contribution in [0.4, 0.5) is 20.2 Å². The van der Waals surface area contributed by atoms with Crippen molar-refractivity contribution in [1.82, 2.24) is 10.5 Å². The summed E-state index contributed by atoms with van der Waals surface area (Å²) in [4.78, 5) is 21.9. The smallest absolute Gasteiger partial charge is 0.277 e. The molecule has 0 atom stereocenters. The van der Waals surface area contributed by atoms with Crippen LogP contribution in [0.15, 0.2) is 29.8 Å². The Labute approximate surface area is 164 Å². The van der Waals surface area contributed by atoms with E-state index in [4.69, 9.17) is 4.84 Å². The molecule has 0 aliphatic heterocycles. The van der Waals surface area contributed by atoms with Gasteiger partial charge in [0.25, 0.3) is 5.91 Å². The van der Waals surface area contributed by atoms with Gasteiger partial charge in [-0.3, -0.25) is 9.63 Å². The van der Waals surface area contributed by atoms with Crippen molar-refractivity contribution in [3.63, 3.8) is 0 Å². The molecule has 0 radical (unpaired) electrons. The van der Waals surface area contributed by atoms with Crippen molar-refractivity contribution in [1.29, 1.82) is 0 Å². The van der Waals surface area contributed by atoms with Crippen molar-refractivity contribution >= 4 is 38.8 Å². The number of rotatable bonds is 7. The Bertz CT molecular complexity index is 1030. The van der Waals surface area contributed by atoms with E-state index < -0.39 is 17.5 Å². The number of nitrogens with one attached hydrogen (secondary N) is 2. The predicted molar refractivity (Wildman–Crippen MR) is 105 cm³/mol. The Morgan fingerprint density at radius 3 is 2.86 bits per heavy atom. The fourth-order valence-corrected chi connectivity index (χ4v) is 3.55. The van der Waals surface area contributed by atoms with Crippen LogP contribution in [0.2, 0.25) is 0 Å². The predicted octanol–water partition coefficient (Wildman–Crippen LogP) is 4.95. The molecule has 1 fully saturated rings. The number of hydrogen-bond acceptors (Lipinski definition) is 5. The molecule has 0 saturated heterocycles. The third-order valence-corrected chi connectivity index (χ3v) is 5.47. The van der Waals surface area contributed by atoms with E-state index in [1.807, 2.05) is 6.92 Å². The summed E-state index contributed by atoms with van der Waals surface area (Å²) in [6.07, 6.45) is 2.84. The van der Waals surface area contributed by atoms with Gasteiger partial charge in [-0.2, -0.15) is 0 Å². The first kappa shape index (κ1) is 18.8. The number of fused-ring (bicyclic) bond motifs is 1. The van der Waals surface area contributed by atoms with Crippen molar-refractivity contribution in [2.45, 2.75) is 26.2 Å². The fraction of sp³-hybridized carbons (Fsp3) is 0.300. The zero-order valence-corrected chi connectivity index (χ0v) is 16.0. The number of nitrogens with zero attached hydrogens (tertiary/aromatic N) is 1. The lowest BCUT2D eigenvalue weighted by molar-refractivity contribution is 0.0271. The summed E-state index contributed by atoms with van der Waals surface area (Å²) in [5.74, 6) is -1.36. The van der Waals surface area contributed by atoms with Crippen molar-refractivity contribution in [2.24, 2.45) is 5.92 Å². The fourth-order valence-electron chi connectivity index (χ4n) is 2.84. The summed E-state index contributed by atoms with van der Waals surface area (Å²) < 4.78 is 30.0. The molecular weight excluding hydrogens is 384 g/mol. The van der Waals surface area contributed by atoms with E-state index in [9.17, 15) is 9.18 Å². The van der Waals surface area contributed by atoms with Gasteiger partial charge in [0.05, 0.1) is 33.8 Å². The molecule has 2 aromatic carbocycles.